The Morgan fingerprint density at radius 1 is 1.21 bits per heavy atom. The van der Waals surface area contributed by atoms with Crippen LogP contribution in [0.25, 0.3) is 11.3 Å². The second-order valence-electron chi connectivity index (χ2n) is 3.03. The molecule has 1 aromatic heterocycles. The molecule has 2 rings (SSSR count). The summed E-state index contributed by atoms with van der Waals surface area (Å²) in [5.41, 5.74) is 0.483. The summed E-state index contributed by atoms with van der Waals surface area (Å²) in [4.78, 5) is 0. The quantitative estimate of drug-likeness (QED) is 0.654. The average Bonchev–Trinajstić information content (AvgIpc) is 2.52. The molecule has 0 saturated heterocycles. The second kappa shape index (κ2) is 3.25. The summed E-state index contributed by atoms with van der Waals surface area (Å²) in [7, 11) is 1.72. The topological polar surface area (TPSA) is 4.93 Å². The molecule has 1 nitrogen and oxygen atoms in total. The van der Waals surface area contributed by atoms with Crippen molar-refractivity contribution in [1.29, 1.82) is 0 Å². The molecule has 2 aromatic rings. The van der Waals surface area contributed by atoms with E-state index in [9.17, 15) is 8.78 Å². The van der Waals surface area contributed by atoms with E-state index < -0.39 is 11.6 Å². The van der Waals surface area contributed by atoms with Crippen LogP contribution in [0.3, 0.4) is 0 Å². The minimum atomic E-state index is -0.555. The Morgan fingerprint density at radius 2 is 1.86 bits per heavy atom. The van der Waals surface area contributed by atoms with Crippen LogP contribution in [0.5, 0.6) is 0 Å². The molecule has 0 atom stereocenters. The third-order valence-electron chi connectivity index (χ3n) is 2.09. The highest BCUT2D eigenvalue weighted by atomic mass is 19.1. The van der Waals surface area contributed by atoms with E-state index in [4.69, 9.17) is 0 Å². The van der Waals surface area contributed by atoms with Crippen molar-refractivity contribution in [3.63, 3.8) is 0 Å². The van der Waals surface area contributed by atoms with Gasteiger partial charge in [-0.3, -0.25) is 0 Å². The molecule has 0 bridgehead atoms. The van der Waals surface area contributed by atoms with Crippen molar-refractivity contribution in [1.82, 2.24) is 4.57 Å². The minimum absolute atomic E-state index is 0.00347. The fraction of sp³-hybridized carbons (Fsp3) is 0.0909. The van der Waals surface area contributed by atoms with E-state index in [1.165, 1.54) is 18.2 Å². The minimum Gasteiger partial charge on any atom is -0.350 e. The second-order valence-corrected chi connectivity index (χ2v) is 3.03. The van der Waals surface area contributed by atoms with E-state index >= 15 is 0 Å². The Balaban J connectivity index is 2.68. The Morgan fingerprint density at radius 3 is 2.36 bits per heavy atom. The lowest BCUT2D eigenvalue weighted by Crippen LogP contribution is -1.95. The van der Waals surface area contributed by atoms with Gasteiger partial charge < -0.3 is 4.57 Å². The maximum absolute atomic E-state index is 13.3. The number of nitrogens with zero attached hydrogens (tertiary/aromatic N) is 1. The molecular formula is C11H8F2N. The fourth-order valence-corrected chi connectivity index (χ4v) is 1.39. The zero-order chi connectivity index (χ0) is 10.1. The van der Waals surface area contributed by atoms with Crippen LogP contribution >= 0.6 is 0 Å². The highest BCUT2D eigenvalue weighted by molar-refractivity contribution is 5.61. The van der Waals surface area contributed by atoms with Crippen molar-refractivity contribution in [3.8, 4) is 11.3 Å². The van der Waals surface area contributed by atoms with Crippen LogP contribution in [-0.4, -0.2) is 4.57 Å². The van der Waals surface area contributed by atoms with Gasteiger partial charge in [-0.05, 0) is 18.2 Å². The Bertz CT molecular complexity index is 440. The van der Waals surface area contributed by atoms with Crippen molar-refractivity contribution in [2.75, 3.05) is 0 Å². The number of aryl methyl sites for hydroxylation is 1. The summed E-state index contributed by atoms with van der Waals surface area (Å²) in [5, 5.41) is 0. The monoisotopic (exact) mass is 192 g/mol. The van der Waals surface area contributed by atoms with Gasteiger partial charge in [0.05, 0.1) is 11.3 Å². The highest BCUT2D eigenvalue weighted by Gasteiger charge is 2.12. The number of aromatic nitrogens is 1. The maximum atomic E-state index is 13.3. The summed E-state index contributed by atoms with van der Waals surface area (Å²) in [6, 6.07) is 8.17. The van der Waals surface area contributed by atoms with Gasteiger partial charge in [0.15, 0.2) is 0 Å². The van der Waals surface area contributed by atoms with Crippen LogP contribution in [0.4, 0.5) is 8.78 Å². The van der Waals surface area contributed by atoms with Crippen molar-refractivity contribution >= 4 is 0 Å². The molecule has 0 aliphatic carbocycles. The molecule has 71 valence electrons. The van der Waals surface area contributed by atoms with Crippen LogP contribution in [-0.2, 0) is 7.05 Å². The number of benzene rings is 1. The van der Waals surface area contributed by atoms with E-state index in [0.717, 1.165) is 0 Å². The molecule has 1 heterocycles. The van der Waals surface area contributed by atoms with Crippen LogP contribution in [0, 0.1) is 17.7 Å². The number of hydrogen-bond donors (Lipinski definition) is 0. The Labute approximate surface area is 80.6 Å². The normalized spacial score (nSPS) is 10.5. The summed E-state index contributed by atoms with van der Waals surface area (Å²) >= 11 is 0. The first-order valence-electron chi connectivity index (χ1n) is 4.17. The fourth-order valence-electron chi connectivity index (χ4n) is 1.39. The SMILES string of the molecule is Cn1c[c]cc1-c1c(F)cccc1F. The molecule has 1 radical (unpaired) electrons. The molecule has 0 spiro atoms. The van der Waals surface area contributed by atoms with Crippen LogP contribution in [0.2, 0.25) is 0 Å². The van der Waals surface area contributed by atoms with Crippen LogP contribution in [0.15, 0.2) is 30.5 Å². The third-order valence-corrected chi connectivity index (χ3v) is 2.09. The highest BCUT2D eigenvalue weighted by Crippen LogP contribution is 2.25. The molecule has 3 heteroatoms. The van der Waals surface area contributed by atoms with Gasteiger partial charge in [-0.1, -0.05) is 6.07 Å². The number of halogens is 2. The zero-order valence-electron chi connectivity index (χ0n) is 7.59. The van der Waals surface area contributed by atoms with Gasteiger partial charge in [0.25, 0.3) is 0 Å². The lowest BCUT2D eigenvalue weighted by molar-refractivity contribution is 0.587. The van der Waals surface area contributed by atoms with E-state index in [1.54, 1.807) is 23.9 Å². The van der Waals surface area contributed by atoms with Crippen LogP contribution in [0.1, 0.15) is 0 Å². The van der Waals surface area contributed by atoms with E-state index in [-0.39, 0.29) is 5.56 Å². The summed E-state index contributed by atoms with van der Waals surface area (Å²) < 4.78 is 28.3. The van der Waals surface area contributed by atoms with Crippen molar-refractivity contribution < 1.29 is 8.78 Å². The van der Waals surface area contributed by atoms with Gasteiger partial charge in [0, 0.05) is 19.3 Å². The predicted molar refractivity (Wildman–Crippen MR) is 49.6 cm³/mol. The van der Waals surface area contributed by atoms with Gasteiger partial charge >= 0.3 is 0 Å². The summed E-state index contributed by atoms with van der Waals surface area (Å²) in [5.74, 6) is -1.11. The zero-order valence-corrected chi connectivity index (χ0v) is 7.59. The molecule has 0 aliphatic heterocycles. The standard InChI is InChI=1S/C11H8F2N/c1-14-7-3-6-10(14)11-8(12)4-2-5-9(11)13/h2,4-7H,1H3. The largest absolute Gasteiger partial charge is 0.350 e. The molecule has 0 fully saturated rings. The lowest BCUT2D eigenvalue weighted by atomic mass is 10.1. The van der Waals surface area contributed by atoms with Crippen LogP contribution < -0.4 is 0 Å². The summed E-state index contributed by atoms with van der Waals surface area (Å²) in [6.07, 6.45) is 1.63. The first kappa shape index (κ1) is 8.94. The van der Waals surface area contributed by atoms with Crippen molar-refractivity contribution in [2.45, 2.75) is 0 Å². The molecular weight excluding hydrogens is 184 g/mol. The van der Waals surface area contributed by atoms with E-state index in [0.29, 0.717) is 5.69 Å². The third kappa shape index (κ3) is 1.31. The number of rotatable bonds is 1. The molecule has 0 amide bonds. The first-order chi connectivity index (χ1) is 6.70. The Hall–Kier alpha value is -1.64. The molecule has 0 N–H and O–H groups in total. The van der Waals surface area contributed by atoms with Crippen molar-refractivity contribution in [3.05, 3.63) is 48.2 Å². The van der Waals surface area contributed by atoms with Gasteiger partial charge in [-0.25, -0.2) is 8.78 Å². The van der Waals surface area contributed by atoms with Gasteiger partial charge in [-0.2, -0.15) is 0 Å². The molecule has 0 unspecified atom stereocenters. The molecule has 0 aliphatic rings. The van der Waals surface area contributed by atoms with Crippen molar-refractivity contribution in [2.24, 2.45) is 7.05 Å². The molecule has 0 saturated carbocycles. The molecule has 14 heavy (non-hydrogen) atoms. The van der Waals surface area contributed by atoms with E-state index in [2.05, 4.69) is 6.07 Å². The van der Waals surface area contributed by atoms with Gasteiger partial charge in [0.1, 0.15) is 11.6 Å². The van der Waals surface area contributed by atoms with E-state index in [1.807, 2.05) is 0 Å². The Kier molecular flexibility index (Phi) is 2.08. The first-order valence-corrected chi connectivity index (χ1v) is 4.17. The lowest BCUT2D eigenvalue weighted by Gasteiger charge is -2.05. The maximum Gasteiger partial charge on any atom is 0.135 e. The smallest absolute Gasteiger partial charge is 0.135 e. The van der Waals surface area contributed by atoms with Gasteiger partial charge in [0.2, 0.25) is 0 Å². The summed E-state index contributed by atoms with van der Waals surface area (Å²) in [6.45, 7) is 0. The molecule has 1 aromatic carbocycles. The average molecular weight is 192 g/mol. The number of hydrogen-bond acceptors (Lipinski definition) is 0. The predicted octanol–water partition coefficient (Wildman–Crippen LogP) is 2.77. The van der Waals surface area contributed by atoms with Gasteiger partial charge in [-0.15, -0.1) is 0 Å².